The molecule has 0 N–H and O–H groups in total. The van der Waals surface area contributed by atoms with E-state index in [2.05, 4.69) is 27.0 Å². The molecule has 0 aliphatic heterocycles. The molecular weight excluding hydrogens is 423 g/mol. The van der Waals surface area contributed by atoms with E-state index in [1.165, 1.54) is 0 Å². The molecule has 2 aromatic heterocycles. The summed E-state index contributed by atoms with van der Waals surface area (Å²) in [5.74, 6) is 2.26. The molecule has 6 nitrogen and oxygen atoms in total. The van der Waals surface area contributed by atoms with Crippen LogP contribution in [0.5, 0.6) is 0 Å². The minimum absolute atomic E-state index is 0.410. The van der Waals surface area contributed by atoms with Crippen molar-refractivity contribution in [2.45, 2.75) is 26.4 Å². The fourth-order valence-electron chi connectivity index (χ4n) is 3.10. The number of nitrogens with zero attached hydrogens (tertiary/aromatic N) is 4. The van der Waals surface area contributed by atoms with Crippen molar-refractivity contribution in [3.8, 4) is 22.8 Å². The summed E-state index contributed by atoms with van der Waals surface area (Å²) in [6.07, 6.45) is 2.70. The van der Waals surface area contributed by atoms with Crippen molar-refractivity contribution in [1.29, 1.82) is 0 Å². The molecule has 0 amide bonds. The van der Waals surface area contributed by atoms with Crippen LogP contribution >= 0.6 is 23.2 Å². The first-order valence-electron chi connectivity index (χ1n) is 9.62. The smallest absolute Gasteiger partial charge is 0.249 e. The molecule has 0 atom stereocenters. The number of aromatic nitrogens is 3. The minimum atomic E-state index is 0.410. The normalized spacial score (nSPS) is 11.3. The van der Waals surface area contributed by atoms with Crippen LogP contribution in [0.1, 0.15) is 25.1 Å². The number of oxazole rings is 1. The number of halogens is 2. The van der Waals surface area contributed by atoms with Crippen LogP contribution in [0.15, 0.2) is 63.6 Å². The summed E-state index contributed by atoms with van der Waals surface area (Å²) in [7, 11) is 0. The fraction of sp³-hybridized carbons (Fsp3) is 0.227. The van der Waals surface area contributed by atoms with Gasteiger partial charge in [-0.1, -0.05) is 42.3 Å². The Labute approximate surface area is 184 Å². The molecule has 0 unspecified atom stereocenters. The largest absolute Gasteiger partial charge is 0.439 e. The summed E-state index contributed by atoms with van der Waals surface area (Å²) in [5, 5.41) is 9.58. The van der Waals surface area contributed by atoms with Gasteiger partial charge in [-0.25, -0.2) is 4.98 Å². The van der Waals surface area contributed by atoms with Gasteiger partial charge in [-0.3, -0.25) is 4.90 Å². The van der Waals surface area contributed by atoms with Crippen LogP contribution in [0.3, 0.4) is 0 Å². The van der Waals surface area contributed by atoms with Gasteiger partial charge in [0.05, 0.1) is 29.9 Å². The lowest BCUT2D eigenvalue weighted by Gasteiger charge is -2.17. The minimum Gasteiger partial charge on any atom is -0.439 e. The number of hydrogen-bond donors (Lipinski definition) is 0. The van der Waals surface area contributed by atoms with E-state index >= 15 is 0 Å². The van der Waals surface area contributed by atoms with Crippen LogP contribution in [0.25, 0.3) is 22.8 Å². The monoisotopic (exact) mass is 442 g/mol. The summed E-state index contributed by atoms with van der Waals surface area (Å²) in [5.41, 5.74) is 1.65. The summed E-state index contributed by atoms with van der Waals surface area (Å²) in [6, 6.07) is 14.9. The van der Waals surface area contributed by atoms with Gasteiger partial charge in [-0.15, -0.1) is 10.2 Å². The second-order valence-electron chi connectivity index (χ2n) is 6.82. The molecule has 2 aromatic carbocycles. The topological polar surface area (TPSA) is 68.2 Å². The molecule has 0 saturated heterocycles. The maximum atomic E-state index is 6.23. The van der Waals surface area contributed by atoms with Crippen LogP contribution in [0.2, 0.25) is 10.0 Å². The Kier molecular flexibility index (Phi) is 6.47. The van der Waals surface area contributed by atoms with Crippen molar-refractivity contribution < 1.29 is 8.83 Å². The van der Waals surface area contributed by atoms with Crippen LogP contribution in [0, 0.1) is 0 Å². The van der Waals surface area contributed by atoms with Crippen molar-refractivity contribution >= 4 is 23.2 Å². The quantitative estimate of drug-likeness (QED) is 0.327. The van der Waals surface area contributed by atoms with Gasteiger partial charge in [-0.2, -0.15) is 0 Å². The van der Waals surface area contributed by atoms with E-state index in [9.17, 15) is 0 Å². The molecule has 0 aliphatic carbocycles. The SMILES string of the molecule is CCCN(Cc1ncc(-c2ccc(Cl)cc2)o1)Cc1nnc(-c2ccccc2Cl)o1. The molecule has 8 heteroatoms. The van der Waals surface area contributed by atoms with Gasteiger partial charge in [0, 0.05) is 10.6 Å². The maximum Gasteiger partial charge on any atom is 0.249 e. The highest BCUT2D eigenvalue weighted by molar-refractivity contribution is 6.33. The highest BCUT2D eigenvalue weighted by atomic mass is 35.5. The lowest BCUT2D eigenvalue weighted by Crippen LogP contribution is -2.24. The van der Waals surface area contributed by atoms with E-state index < -0.39 is 0 Å². The molecule has 2 heterocycles. The lowest BCUT2D eigenvalue weighted by molar-refractivity contribution is 0.211. The summed E-state index contributed by atoms with van der Waals surface area (Å²) >= 11 is 12.2. The third kappa shape index (κ3) is 4.90. The van der Waals surface area contributed by atoms with Crippen molar-refractivity contribution in [3.63, 3.8) is 0 Å². The van der Waals surface area contributed by atoms with E-state index in [4.69, 9.17) is 32.0 Å². The number of rotatable bonds is 8. The predicted molar refractivity (Wildman–Crippen MR) is 116 cm³/mol. The molecule has 0 bridgehead atoms. The standard InChI is InChI=1S/C22H20Cl2N4O2/c1-2-11-28(13-20-25-12-19(29-20)15-7-9-16(23)10-8-15)14-21-26-27-22(30-21)17-5-3-4-6-18(17)24/h3-10,12H,2,11,13-14H2,1H3. The first-order chi connectivity index (χ1) is 14.6. The maximum absolute atomic E-state index is 6.23. The van der Waals surface area contributed by atoms with Gasteiger partial charge >= 0.3 is 0 Å². The van der Waals surface area contributed by atoms with Crippen LogP contribution in [-0.2, 0) is 13.1 Å². The van der Waals surface area contributed by atoms with Crippen LogP contribution in [-0.4, -0.2) is 26.6 Å². The predicted octanol–water partition coefficient (Wildman–Crippen LogP) is 6.11. The summed E-state index contributed by atoms with van der Waals surface area (Å²) < 4.78 is 11.8. The molecule has 30 heavy (non-hydrogen) atoms. The Hall–Kier alpha value is -2.67. The lowest BCUT2D eigenvalue weighted by atomic mass is 10.2. The summed E-state index contributed by atoms with van der Waals surface area (Å²) in [6.45, 7) is 3.97. The Morgan fingerprint density at radius 1 is 0.900 bits per heavy atom. The molecule has 0 radical (unpaired) electrons. The Morgan fingerprint density at radius 3 is 2.43 bits per heavy atom. The molecule has 4 aromatic rings. The average molecular weight is 443 g/mol. The zero-order chi connectivity index (χ0) is 20.9. The van der Waals surface area contributed by atoms with E-state index in [-0.39, 0.29) is 0 Å². The zero-order valence-corrected chi connectivity index (χ0v) is 17.9. The van der Waals surface area contributed by atoms with Crippen molar-refractivity contribution in [2.75, 3.05) is 6.54 Å². The van der Waals surface area contributed by atoms with E-state index in [1.54, 1.807) is 12.3 Å². The Morgan fingerprint density at radius 2 is 1.67 bits per heavy atom. The first kappa shape index (κ1) is 20.6. The van der Waals surface area contributed by atoms with E-state index in [1.807, 2.05) is 42.5 Å². The zero-order valence-electron chi connectivity index (χ0n) is 16.4. The second kappa shape index (κ2) is 9.43. The van der Waals surface area contributed by atoms with Crippen LogP contribution < -0.4 is 0 Å². The average Bonchev–Trinajstić information content (AvgIpc) is 3.39. The molecular formula is C22H20Cl2N4O2. The van der Waals surface area contributed by atoms with Crippen LogP contribution in [0.4, 0.5) is 0 Å². The Balaban J connectivity index is 1.46. The fourth-order valence-corrected chi connectivity index (χ4v) is 3.45. The van der Waals surface area contributed by atoms with Gasteiger partial charge in [-0.05, 0) is 49.4 Å². The van der Waals surface area contributed by atoms with Gasteiger partial charge < -0.3 is 8.83 Å². The van der Waals surface area contributed by atoms with Crippen molar-refractivity contribution in [2.24, 2.45) is 0 Å². The van der Waals surface area contributed by atoms with Crippen molar-refractivity contribution in [1.82, 2.24) is 20.1 Å². The highest BCUT2D eigenvalue weighted by Crippen LogP contribution is 2.27. The molecule has 0 fully saturated rings. The second-order valence-corrected chi connectivity index (χ2v) is 7.66. The van der Waals surface area contributed by atoms with Crippen molar-refractivity contribution in [3.05, 3.63) is 76.6 Å². The van der Waals surface area contributed by atoms with Gasteiger partial charge in [0.1, 0.15) is 0 Å². The third-order valence-corrected chi connectivity index (χ3v) is 5.09. The third-order valence-electron chi connectivity index (χ3n) is 4.51. The first-order valence-corrected chi connectivity index (χ1v) is 10.4. The highest BCUT2D eigenvalue weighted by Gasteiger charge is 2.17. The summed E-state index contributed by atoms with van der Waals surface area (Å²) in [4.78, 5) is 6.57. The number of benzene rings is 2. The molecule has 0 aliphatic rings. The van der Waals surface area contributed by atoms with Gasteiger partial charge in [0.2, 0.25) is 17.7 Å². The molecule has 0 saturated carbocycles. The van der Waals surface area contributed by atoms with Gasteiger partial charge in [0.15, 0.2) is 5.76 Å². The molecule has 0 spiro atoms. The molecule has 154 valence electrons. The number of hydrogen-bond acceptors (Lipinski definition) is 6. The van der Waals surface area contributed by atoms with E-state index in [0.29, 0.717) is 46.6 Å². The Bertz CT molecular complexity index is 1110. The van der Waals surface area contributed by atoms with Gasteiger partial charge in [0.25, 0.3) is 0 Å². The van der Waals surface area contributed by atoms with E-state index in [0.717, 1.165) is 24.1 Å². The molecule has 4 rings (SSSR count).